The number of hydrogen-bond donors (Lipinski definition) is 1. The molecule has 5 heteroatoms. The van der Waals surface area contributed by atoms with Crippen LogP contribution in [0.15, 0.2) is 15.9 Å². The highest BCUT2D eigenvalue weighted by Crippen LogP contribution is 2.22. The predicted octanol–water partition coefficient (Wildman–Crippen LogP) is 3.26. The largest absolute Gasteiger partial charge is 0.347 e. The smallest absolute Gasteiger partial charge is 0.262 e. The summed E-state index contributed by atoms with van der Waals surface area (Å²) in [6, 6.07) is 1.92. The van der Waals surface area contributed by atoms with Crippen molar-refractivity contribution >= 4 is 44.8 Å². The van der Waals surface area contributed by atoms with E-state index in [0.717, 1.165) is 10.9 Å². The summed E-state index contributed by atoms with van der Waals surface area (Å²) in [7, 11) is 0. The Balaban J connectivity index is 2.63. The van der Waals surface area contributed by atoms with Crippen molar-refractivity contribution in [1.29, 1.82) is 0 Å². The van der Waals surface area contributed by atoms with Crippen LogP contribution in [0.3, 0.4) is 0 Å². The van der Waals surface area contributed by atoms with Gasteiger partial charge in [0, 0.05) is 16.4 Å². The Labute approximate surface area is 101 Å². The van der Waals surface area contributed by atoms with Crippen molar-refractivity contribution < 1.29 is 4.79 Å². The van der Waals surface area contributed by atoms with Gasteiger partial charge >= 0.3 is 0 Å². The molecule has 1 aromatic rings. The molecule has 0 aliphatic rings. The molecule has 78 valence electrons. The summed E-state index contributed by atoms with van der Waals surface area (Å²) in [5.41, 5.74) is 0. The van der Waals surface area contributed by atoms with Crippen LogP contribution < -0.4 is 5.32 Å². The maximum absolute atomic E-state index is 11.7. The summed E-state index contributed by atoms with van der Waals surface area (Å²) in [5, 5.41) is 4.74. The van der Waals surface area contributed by atoms with Crippen molar-refractivity contribution in [2.45, 2.75) is 19.4 Å². The minimum absolute atomic E-state index is 0.0539. The molecule has 1 amide bonds. The third-order valence-corrected chi connectivity index (χ3v) is 4.05. The van der Waals surface area contributed by atoms with Crippen molar-refractivity contribution in [3.05, 3.63) is 20.8 Å². The third-order valence-electron chi connectivity index (χ3n) is 1.84. The Kier molecular flexibility index (Phi) is 4.92. The second kappa shape index (κ2) is 5.73. The van der Waals surface area contributed by atoms with E-state index in [0.29, 0.717) is 10.8 Å². The monoisotopic (exact) mass is 295 g/mol. The third kappa shape index (κ3) is 2.97. The van der Waals surface area contributed by atoms with E-state index >= 15 is 0 Å². The highest BCUT2D eigenvalue weighted by Gasteiger charge is 2.14. The molecule has 0 radical (unpaired) electrons. The number of carbonyl (C=O) groups excluding carboxylic acids is 1. The molecule has 1 rings (SSSR count). The zero-order chi connectivity index (χ0) is 10.6. The minimum atomic E-state index is -0.0561. The van der Waals surface area contributed by atoms with Crippen molar-refractivity contribution in [2.24, 2.45) is 0 Å². The molecule has 0 aromatic carbocycles. The van der Waals surface area contributed by atoms with E-state index in [2.05, 4.69) is 21.2 Å². The van der Waals surface area contributed by atoms with Crippen molar-refractivity contribution in [3.8, 4) is 0 Å². The second-order valence-electron chi connectivity index (χ2n) is 2.83. The Hall–Kier alpha value is -0.0600. The van der Waals surface area contributed by atoms with E-state index < -0.39 is 0 Å². The standard InChI is InChI=1S/C9H11BrClNOS/c1-2-6(5-11)12-9(13)8-7(10)3-4-14-8/h3-4,6H,2,5H2,1H3,(H,12,13). The number of alkyl halides is 1. The van der Waals surface area contributed by atoms with Crippen molar-refractivity contribution in [2.75, 3.05) is 5.88 Å². The van der Waals surface area contributed by atoms with Crippen LogP contribution in [0.25, 0.3) is 0 Å². The van der Waals surface area contributed by atoms with Crippen LogP contribution >= 0.6 is 38.9 Å². The van der Waals surface area contributed by atoms with Crippen LogP contribution in [0.4, 0.5) is 0 Å². The summed E-state index contributed by atoms with van der Waals surface area (Å²) in [4.78, 5) is 12.4. The predicted molar refractivity (Wildman–Crippen MR) is 64.3 cm³/mol. The topological polar surface area (TPSA) is 29.1 Å². The first-order valence-corrected chi connectivity index (χ1v) is 6.49. The lowest BCUT2D eigenvalue weighted by molar-refractivity contribution is 0.0943. The van der Waals surface area contributed by atoms with Gasteiger partial charge in [0.1, 0.15) is 4.88 Å². The van der Waals surface area contributed by atoms with Crippen LogP contribution in [-0.2, 0) is 0 Å². The van der Waals surface area contributed by atoms with Crippen molar-refractivity contribution in [1.82, 2.24) is 5.32 Å². The minimum Gasteiger partial charge on any atom is -0.347 e. The van der Waals surface area contributed by atoms with Crippen LogP contribution in [0.2, 0.25) is 0 Å². The normalized spacial score (nSPS) is 12.5. The zero-order valence-corrected chi connectivity index (χ0v) is 10.9. The van der Waals surface area contributed by atoms with E-state index in [1.54, 1.807) is 0 Å². The molecule has 0 saturated carbocycles. The molecule has 1 aromatic heterocycles. The van der Waals surface area contributed by atoms with E-state index in [1.807, 2.05) is 18.4 Å². The summed E-state index contributed by atoms with van der Waals surface area (Å²) in [6.07, 6.45) is 0.845. The van der Waals surface area contributed by atoms with Gasteiger partial charge in [0.05, 0.1) is 0 Å². The molecule has 0 aliphatic carbocycles. The van der Waals surface area contributed by atoms with Gasteiger partial charge in [-0.2, -0.15) is 0 Å². The first-order chi connectivity index (χ1) is 6.69. The molecule has 0 spiro atoms. The molecular weight excluding hydrogens is 286 g/mol. The number of thiophene rings is 1. The number of nitrogens with one attached hydrogen (secondary N) is 1. The van der Waals surface area contributed by atoms with Gasteiger partial charge in [0.15, 0.2) is 0 Å². The number of amides is 1. The maximum atomic E-state index is 11.7. The van der Waals surface area contributed by atoms with Crippen LogP contribution in [-0.4, -0.2) is 17.8 Å². The lowest BCUT2D eigenvalue weighted by Crippen LogP contribution is -2.35. The molecule has 1 N–H and O–H groups in total. The van der Waals surface area contributed by atoms with E-state index in [4.69, 9.17) is 11.6 Å². The fraction of sp³-hybridized carbons (Fsp3) is 0.444. The van der Waals surface area contributed by atoms with Gasteiger partial charge in [0.2, 0.25) is 0 Å². The molecule has 14 heavy (non-hydrogen) atoms. The zero-order valence-electron chi connectivity index (χ0n) is 7.72. The number of rotatable bonds is 4. The fourth-order valence-electron chi connectivity index (χ4n) is 0.956. The summed E-state index contributed by atoms with van der Waals surface area (Å²) < 4.78 is 0.837. The van der Waals surface area contributed by atoms with Crippen LogP contribution in [0.5, 0.6) is 0 Å². The summed E-state index contributed by atoms with van der Waals surface area (Å²) >= 11 is 10.4. The SMILES string of the molecule is CCC(CCl)NC(=O)c1sccc1Br. The second-order valence-corrected chi connectivity index (χ2v) is 4.91. The Morgan fingerprint density at radius 3 is 2.93 bits per heavy atom. The average Bonchev–Trinajstić information content (AvgIpc) is 2.60. The van der Waals surface area contributed by atoms with E-state index in [1.165, 1.54) is 11.3 Å². The van der Waals surface area contributed by atoms with Gasteiger partial charge in [-0.1, -0.05) is 6.92 Å². The highest BCUT2D eigenvalue weighted by molar-refractivity contribution is 9.10. The molecule has 1 heterocycles. The molecular formula is C9H11BrClNOS. The lowest BCUT2D eigenvalue weighted by Gasteiger charge is -2.12. The van der Waals surface area contributed by atoms with Crippen LogP contribution in [0, 0.1) is 0 Å². The van der Waals surface area contributed by atoms with Gasteiger partial charge in [-0.05, 0) is 33.8 Å². The van der Waals surface area contributed by atoms with Gasteiger partial charge in [-0.15, -0.1) is 22.9 Å². The van der Waals surface area contributed by atoms with Gasteiger partial charge in [-0.3, -0.25) is 4.79 Å². The quantitative estimate of drug-likeness (QED) is 0.849. The molecule has 0 fully saturated rings. The highest BCUT2D eigenvalue weighted by atomic mass is 79.9. The molecule has 0 aliphatic heterocycles. The number of hydrogen-bond acceptors (Lipinski definition) is 2. The van der Waals surface area contributed by atoms with Gasteiger partial charge < -0.3 is 5.32 Å². The maximum Gasteiger partial charge on any atom is 0.262 e. The van der Waals surface area contributed by atoms with Gasteiger partial charge in [0.25, 0.3) is 5.91 Å². The Bertz CT molecular complexity index is 312. The molecule has 0 saturated heterocycles. The molecule has 0 bridgehead atoms. The van der Waals surface area contributed by atoms with E-state index in [-0.39, 0.29) is 11.9 Å². The molecule has 2 nitrogen and oxygen atoms in total. The summed E-state index contributed by atoms with van der Waals surface area (Å²) in [5.74, 6) is 0.394. The fourth-order valence-corrected chi connectivity index (χ4v) is 2.71. The Morgan fingerprint density at radius 2 is 2.50 bits per heavy atom. The summed E-state index contributed by atoms with van der Waals surface area (Å²) in [6.45, 7) is 2.00. The van der Waals surface area contributed by atoms with E-state index in [9.17, 15) is 4.79 Å². The lowest BCUT2D eigenvalue weighted by atomic mass is 10.2. The Morgan fingerprint density at radius 1 is 1.79 bits per heavy atom. The first kappa shape index (κ1) is 12.0. The molecule has 1 atom stereocenters. The van der Waals surface area contributed by atoms with Crippen molar-refractivity contribution in [3.63, 3.8) is 0 Å². The number of carbonyl (C=O) groups is 1. The molecule has 1 unspecified atom stereocenters. The first-order valence-electron chi connectivity index (χ1n) is 4.28. The average molecular weight is 297 g/mol. The van der Waals surface area contributed by atoms with Gasteiger partial charge in [-0.25, -0.2) is 0 Å². The number of halogens is 2. The van der Waals surface area contributed by atoms with Crippen LogP contribution in [0.1, 0.15) is 23.0 Å².